The Morgan fingerprint density at radius 3 is 2.27 bits per heavy atom. The zero-order chi connectivity index (χ0) is 12.1. The minimum Gasteiger partial charge on any atom is -0.321 e. The molecule has 0 aliphatic carbocycles. The van der Waals surface area contributed by atoms with E-state index in [0.29, 0.717) is 0 Å². The van der Waals surface area contributed by atoms with Gasteiger partial charge in [-0.1, -0.05) is 27.2 Å². The van der Waals surface area contributed by atoms with Crippen LogP contribution in [0.2, 0.25) is 0 Å². The monoisotopic (exact) mass is 235 g/mol. The number of hydrogen-bond acceptors (Lipinski definition) is 4. The van der Waals surface area contributed by atoms with Crippen LogP contribution >= 0.6 is 0 Å². The lowest BCUT2D eigenvalue weighted by molar-refractivity contribution is -0.120. The van der Waals surface area contributed by atoms with Gasteiger partial charge in [0.25, 0.3) is 0 Å². The maximum absolute atomic E-state index is 11.5. The molecule has 2 unspecified atom stereocenters. The van der Waals surface area contributed by atoms with Crippen molar-refractivity contribution in [3.63, 3.8) is 0 Å². The van der Waals surface area contributed by atoms with Crippen molar-refractivity contribution in [2.24, 2.45) is 11.7 Å². The number of hydrogen-bond donors (Lipinski definition) is 1. The molecule has 5 heteroatoms. The smallest absolute Gasteiger partial charge is 0.150 e. The maximum Gasteiger partial charge on any atom is 0.150 e. The summed E-state index contributed by atoms with van der Waals surface area (Å²) in [7, 11) is -3.06. The zero-order valence-corrected chi connectivity index (χ0v) is 10.5. The average molecular weight is 235 g/mol. The van der Waals surface area contributed by atoms with Crippen molar-refractivity contribution in [2.75, 3.05) is 11.5 Å². The molecule has 2 N–H and O–H groups in total. The quantitative estimate of drug-likeness (QED) is 0.706. The highest BCUT2D eigenvalue weighted by atomic mass is 32.2. The Kier molecular flexibility index (Phi) is 6.05. The molecule has 0 heterocycles. The summed E-state index contributed by atoms with van der Waals surface area (Å²) in [5.74, 6) is -0.0334. The molecule has 90 valence electrons. The molecule has 0 radical (unpaired) electrons. The number of carbonyl (C=O) groups excluding carboxylic acids is 1. The fourth-order valence-electron chi connectivity index (χ4n) is 1.14. The van der Waals surface area contributed by atoms with E-state index in [-0.39, 0.29) is 29.6 Å². The van der Waals surface area contributed by atoms with Gasteiger partial charge in [0.2, 0.25) is 0 Å². The predicted molar refractivity (Wildman–Crippen MR) is 61.4 cm³/mol. The molecule has 0 fully saturated rings. The number of Topliss-reactive ketones (excluding diaryl/α,β-unsaturated/α-hetero) is 1. The van der Waals surface area contributed by atoms with Crippen molar-refractivity contribution in [3.8, 4) is 0 Å². The van der Waals surface area contributed by atoms with Gasteiger partial charge < -0.3 is 5.73 Å². The lowest BCUT2D eigenvalue weighted by Crippen LogP contribution is -2.37. The van der Waals surface area contributed by atoms with Crippen LogP contribution in [-0.2, 0) is 14.6 Å². The molecule has 0 amide bonds. The third-order valence-electron chi connectivity index (χ3n) is 2.73. The van der Waals surface area contributed by atoms with Crippen LogP contribution in [0.5, 0.6) is 0 Å². The van der Waals surface area contributed by atoms with Crippen LogP contribution in [0.3, 0.4) is 0 Å². The standard InChI is InChI=1S/C10H21NO3S/c1-4-8(3)10(11)9(12)6-7-15(13,14)5-2/h8,10H,4-7,11H2,1-3H3. The largest absolute Gasteiger partial charge is 0.321 e. The first-order chi connectivity index (χ1) is 6.84. The van der Waals surface area contributed by atoms with Gasteiger partial charge in [-0.2, -0.15) is 0 Å². The predicted octanol–water partition coefficient (Wildman–Crippen LogP) is 0.754. The molecule has 0 spiro atoms. The van der Waals surface area contributed by atoms with Gasteiger partial charge in [0.1, 0.15) is 9.84 Å². The van der Waals surface area contributed by atoms with Crippen molar-refractivity contribution >= 4 is 15.6 Å². The topological polar surface area (TPSA) is 77.2 Å². The zero-order valence-electron chi connectivity index (χ0n) is 9.69. The van der Waals surface area contributed by atoms with Crippen LogP contribution in [0.25, 0.3) is 0 Å². The number of carbonyl (C=O) groups is 1. The second-order valence-corrected chi connectivity index (χ2v) is 6.34. The van der Waals surface area contributed by atoms with Gasteiger partial charge in [0, 0.05) is 12.2 Å². The Hall–Kier alpha value is -0.420. The van der Waals surface area contributed by atoms with Gasteiger partial charge in [-0.3, -0.25) is 4.79 Å². The molecule has 0 rings (SSSR count). The molecule has 0 bridgehead atoms. The lowest BCUT2D eigenvalue weighted by atomic mass is 9.95. The summed E-state index contributed by atoms with van der Waals surface area (Å²) in [6.07, 6.45) is 0.870. The normalized spacial score (nSPS) is 16.0. The summed E-state index contributed by atoms with van der Waals surface area (Å²) in [5.41, 5.74) is 5.70. The molecule has 15 heavy (non-hydrogen) atoms. The molecular weight excluding hydrogens is 214 g/mol. The Bertz CT molecular complexity index is 298. The number of ketones is 1. The highest BCUT2D eigenvalue weighted by Crippen LogP contribution is 2.08. The summed E-state index contributed by atoms with van der Waals surface area (Å²) in [6, 6.07) is -0.526. The van der Waals surface area contributed by atoms with Crippen LogP contribution in [0.15, 0.2) is 0 Å². The Labute approximate surface area is 92.2 Å². The summed E-state index contributed by atoms with van der Waals surface area (Å²) < 4.78 is 22.3. The van der Waals surface area contributed by atoms with Gasteiger partial charge in [0.05, 0.1) is 11.8 Å². The van der Waals surface area contributed by atoms with E-state index in [0.717, 1.165) is 6.42 Å². The fourth-order valence-corrected chi connectivity index (χ4v) is 1.94. The second-order valence-electron chi connectivity index (χ2n) is 3.86. The summed E-state index contributed by atoms with van der Waals surface area (Å²) >= 11 is 0. The molecule has 4 nitrogen and oxygen atoms in total. The Balaban J connectivity index is 4.16. The van der Waals surface area contributed by atoms with E-state index in [1.807, 2.05) is 13.8 Å². The minimum absolute atomic E-state index is 0.0433. The number of rotatable bonds is 7. The van der Waals surface area contributed by atoms with E-state index in [1.165, 1.54) is 0 Å². The van der Waals surface area contributed by atoms with Crippen molar-refractivity contribution in [1.29, 1.82) is 0 Å². The van der Waals surface area contributed by atoms with E-state index >= 15 is 0 Å². The highest BCUT2D eigenvalue weighted by molar-refractivity contribution is 7.91. The van der Waals surface area contributed by atoms with Crippen molar-refractivity contribution in [2.45, 2.75) is 39.7 Å². The fraction of sp³-hybridized carbons (Fsp3) is 0.900. The SMILES string of the molecule is CCC(C)C(N)C(=O)CCS(=O)(=O)CC. The molecule has 0 aliphatic rings. The second kappa shape index (κ2) is 6.23. The van der Waals surface area contributed by atoms with Crippen molar-refractivity contribution in [3.05, 3.63) is 0 Å². The Morgan fingerprint density at radius 1 is 1.33 bits per heavy atom. The van der Waals surface area contributed by atoms with Crippen LogP contribution < -0.4 is 5.73 Å². The first-order valence-corrected chi connectivity index (χ1v) is 7.14. The van der Waals surface area contributed by atoms with E-state index in [2.05, 4.69) is 0 Å². The van der Waals surface area contributed by atoms with Crippen LogP contribution in [0.4, 0.5) is 0 Å². The van der Waals surface area contributed by atoms with E-state index in [1.54, 1.807) is 6.92 Å². The third-order valence-corrected chi connectivity index (χ3v) is 4.43. The third kappa shape index (κ3) is 5.28. The highest BCUT2D eigenvalue weighted by Gasteiger charge is 2.20. The first-order valence-electron chi connectivity index (χ1n) is 5.32. The molecular formula is C10H21NO3S. The van der Waals surface area contributed by atoms with Gasteiger partial charge in [-0.15, -0.1) is 0 Å². The minimum atomic E-state index is -3.06. The first kappa shape index (κ1) is 14.6. The van der Waals surface area contributed by atoms with E-state index in [4.69, 9.17) is 5.73 Å². The summed E-state index contributed by atoms with van der Waals surface area (Å²) in [4.78, 5) is 11.5. The maximum atomic E-state index is 11.5. The van der Waals surface area contributed by atoms with E-state index in [9.17, 15) is 13.2 Å². The molecule has 2 atom stereocenters. The number of sulfone groups is 1. The van der Waals surface area contributed by atoms with Crippen LogP contribution in [0.1, 0.15) is 33.6 Å². The lowest BCUT2D eigenvalue weighted by Gasteiger charge is -2.16. The van der Waals surface area contributed by atoms with Gasteiger partial charge in [-0.25, -0.2) is 8.42 Å². The van der Waals surface area contributed by atoms with Crippen molar-refractivity contribution < 1.29 is 13.2 Å². The molecule has 0 aliphatic heterocycles. The van der Waals surface area contributed by atoms with Crippen LogP contribution in [-0.4, -0.2) is 31.7 Å². The summed E-state index contributed by atoms with van der Waals surface area (Å²) in [6.45, 7) is 5.44. The van der Waals surface area contributed by atoms with E-state index < -0.39 is 15.9 Å². The molecule has 0 aromatic rings. The van der Waals surface area contributed by atoms with Crippen molar-refractivity contribution in [1.82, 2.24) is 0 Å². The van der Waals surface area contributed by atoms with Crippen LogP contribution in [0, 0.1) is 5.92 Å². The van der Waals surface area contributed by atoms with Gasteiger partial charge in [0.15, 0.2) is 5.78 Å². The molecule has 0 saturated carbocycles. The van der Waals surface area contributed by atoms with Gasteiger partial charge >= 0.3 is 0 Å². The average Bonchev–Trinajstić information content (AvgIpc) is 2.23. The molecule has 0 aromatic heterocycles. The summed E-state index contributed by atoms with van der Waals surface area (Å²) in [5, 5.41) is 0. The number of nitrogens with two attached hydrogens (primary N) is 1. The molecule has 0 saturated heterocycles. The molecule has 0 aromatic carbocycles. The van der Waals surface area contributed by atoms with Gasteiger partial charge in [-0.05, 0) is 5.92 Å². The Morgan fingerprint density at radius 2 is 1.87 bits per heavy atom.